The first kappa shape index (κ1) is 34.2. The third-order valence-electron chi connectivity index (χ3n) is 6.60. The first-order chi connectivity index (χ1) is 21.2. The molecular formula is C24HBF20N-. The van der Waals surface area contributed by atoms with Crippen LogP contribution in [0.15, 0.2) is 0 Å². The molecule has 0 saturated carbocycles. The van der Waals surface area contributed by atoms with Crippen molar-refractivity contribution in [2.75, 3.05) is 5.23 Å². The second-order valence-corrected chi connectivity index (χ2v) is 8.91. The average Bonchev–Trinajstić information content (AvgIpc) is 3.02. The lowest BCUT2D eigenvalue weighted by atomic mass is 9.23. The molecule has 0 heterocycles. The maximum atomic E-state index is 15.3. The lowest BCUT2D eigenvalue weighted by Crippen LogP contribution is -2.78. The number of anilines is 1. The summed E-state index contributed by atoms with van der Waals surface area (Å²) in [6, 6.07) is 0. The summed E-state index contributed by atoms with van der Waals surface area (Å²) < 4.78 is 292. The van der Waals surface area contributed by atoms with Crippen LogP contribution in [0.3, 0.4) is 0 Å². The number of halogens is 20. The van der Waals surface area contributed by atoms with Crippen LogP contribution in [0.1, 0.15) is 0 Å². The number of nitrogens with one attached hydrogen (secondary N) is 1. The molecule has 22 heteroatoms. The van der Waals surface area contributed by atoms with Gasteiger partial charge in [0, 0.05) is 0 Å². The van der Waals surface area contributed by atoms with E-state index in [1.807, 2.05) is 0 Å². The van der Waals surface area contributed by atoms with Crippen LogP contribution in [-0.2, 0) is 0 Å². The van der Waals surface area contributed by atoms with Crippen molar-refractivity contribution in [2.45, 2.75) is 0 Å². The van der Waals surface area contributed by atoms with Gasteiger partial charge in [0.25, 0.3) is 0 Å². The van der Waals surface area contributed by atoms with Crippen molar-refractivity contribution < 1.29 is 87.8 Å². The van der Waals surface area contributed by atoms with Crippen molar-refractivity contribution in [1.82, 2.24) is 0 Å². The molecular weight excluding hydrogens is 693 g/mol. The molecule has 0 bridgehead atoms. The van der Waals surface area contributed by atoms with E-state index in [9.17, 15) is 61.5 Å². The molecule has 1 N–H and O–H groups in total. The molecule has 0 unspecified atom stereocenters. The molecule has 4 rings (SSSR count). The van der Waals surface area contributed by atoms with Crippen LogP contribution in [-0.4, -0.2) is 6.28 Å². The number of hydrogen-bond acceptors (Lipinski definition) is 1. The Morgan fingerprint density at radius 2 is 0.370 bits per heavy atom. The predicted molar refractivity (Wildman–Crippen MR) is 113 cm³/mol. The summed E-state index contributed by atoms with van der Waals surface area (Å²) in [6.45, 7) is 0. The van der Waals surface area contributed by atoms with E-state index in [2.05, 4.69) is 0 Å². The Kier molecular flexibility index (Phi) is 8.41. The first-order valence-electron chi connectivity index (χ1n) is 11.2. The molecule has 0 saturated heterocycles. The first-order valence-corrected chi connectivity index (χ1v) is 11.2. The van der Waals surface area contributed by atoms with Crippen LogP contribution in [0.5, 0.6) is 0 Å². The molecule has 0 amide bonds. The zero-order chi connectivity index (χ0) is 35.1. The highest BCUT2D eigenvalue weighted by Gasteiger charge is 2.49. The summed E-state index contributed by atoms with van der Waals surface area (Å²) in [5.74, 6) is -68.4. The van der Waals surface area contributed by atoms with Crippen molar-refractivity contribution >= 4 is 28.4 Å². The van der Waals surface area contributed by atoms with E-state index in [1.165, 1.54) is 0 Å². The minimum atomic E-state index is -6.86. The maximum absolute atomic E-state index is 15.3. The molecule has 246 valence electrons. The predicted octanol–water partition coefficient (Wildman–Crippen LogP) is 6.55. The normalized spacial score (nSPS) is 11.9. The summed E-state index contributed by atoms with van der Waals surface area (Å²) in [5.41, 5.74) is -13.2. The van der Waals surface area contributed by atoms with Gasteiger partial charge in [-0.3, -0.25) is 0 Å². The minimum Gasteiger partial charge on any atom is -0.542 e. The van der Waals surface area contributed by atoms with Crippen molar-refractivity contribution in [3.63, 3.8) is 0 Å². The molecule has 0 atom stereocenters. The lowest BCUT2D eigenvalue weighted by Gasteiger charge is -2.45. The van der Waals surface area contributed by atoms with Crippen molar-refractivity contribution in [3.8, 4) is 0 Å². The Morgan fingerprint density at radius 1 is 0.217 bits per heavy atom. The summed E-state index contributed by atoms with van der Waals surface area (Å²) in [4.78, 5) is 0. The summed E-state index contributed by atoms with van der Waals surface area (Å²) in [7, 11) is 0. The highest BCUT2D eigenvalue weighted by atomic mass is 19.2. The molecule has 4 aromatic rings. The smallest absolute Gasteiger partial charge is 0.200 e. The fourth-order valence-corrected chi connectivity index (χ4v) is 4.60. The van der Waals surface area contributed by atoms with Gasteiger partial charge >= 0.3 is 0 Å². The van der Waals surface area contributed by atoms with Gasteiger partial charge in [-0.05, 0) is 0 Å². The molecule has 0 fully saturated rings. The molecule has 0 aliphatic carbocycles. The van der Waals surface area contributed by atoms with E-state index in [0.29, 0.717) is 5.23 Å². The fourth-order valence-electron chi connectivity index (χ4n) is 4.60. The zero-order valence-corrected chi connectivity index (χ0v) is 20.6. The molecule has 0 radical (unpaired) electrons. The Balaban J connectivity index is 2.54. The van der Waals surface area contributed by atoms with Crippen LogP contribution in [0.2, 0.25) is 0 Å². The van der Waals surface area contributed by atoms with E-state index >= 15 is 26.3 Å². The van der Waals surface area contributed by atoms with Gasteiger partial charge in [-0.2, -0.15) is 0 Å². The number of hydrogen-bond donors (Lipinski definition) is 1. The second-order valence-electron chi connectivity index (χ2n) is 8.91. The topological polar surface area (TPSA) is 12.0 Å². The molecule has 0 aliphatic heterocycles. The average molecular weight is 694 g/mol. The quantitative estimate of drug-likeness (QED) is 0.108. The molecule has 0 spiro atoms. The van der Waals surface area contributed by atoms with Gasteiger partial charge in [0.2, 0.25) is 5.82 Å². The molecule has 0 aliphatic rings. The van der Waals surface area contributed by atoms with Gasteiger partial charge in [-0.1, -0.05) is 0 Å². The van der Waals surface area contributed by atoms with Gasteiger partial charge in [-0.15, -0.1) is 16.4 Å². The highest BCUT2D eigenvalue weighted by Crippen LogP contribution is 2.33. The van der Waals surface area contributed by atoms with Crippen molar-refractivity contribution in [1.29, 1.82) is 0 Å². The van der Waals surface area contributed by atoms with Gasteiger partial charge in [0.05, 0.1) is 5.69 Å². The van der Waals surface area contributed by atoms with E-state index in [4.69, 9.17) is 0 Å². The molecule has 4 aromatic carbocycles. The second kappa shape index (κ2) is 11.3. The van der Waals surface area contributed by atoms with E-state index in [1.54, 1.807) is 0 Å². The summed E-state index contributed by atoms with van der Waals surface area (Å²) in [6.07, 6.45) is -6.86. The van der Waals surface area contributed by atoms with Crippen LogP contribution < -0.4 is 21.6 Å². The molecule has 1 nitrogen and oxygen atoms in total. The lowest BCUT2D eigenvalue weighted by molar-refractivity contribution is 0.379. The maximum Gasteiger partial charge on any atom is 0.200 e. The summed E-state index contributed by atoms with van der Waals surface area (Å²) >= 11 is 0. The molecule has 0 aromatic heterocycles. The number of rotatable bonds is 5. The SMILES string of the molecule is Fc1c(F)c(F)c(N[B-](c2c(F)c(F)c(F)c(F)c2F)(c2c(F)c(F)c(F)c(F)c2F)c2c(F)c(F)c(F)c(F)c2F)c(F)c1F. The van der Waals surface area contributed by atoms with Gasteiger partial charge in [0.15, 0.2) is 81.9 Å². The minimum absolute atomic E-state index is 0.412. The van der Waals surface area contributed by atoms with Gasteiger partial charge in [0.1, 0.15) is 34.9 Å². The Labute approximate surface area is 238 Å². The van der Waals surface area contributed by atoms with Crippen LogP contribution in [0.25, 0.3) is 0 Å². The Bertz CT molecular complexity index is 1710. The van der Waals surface area contributed by atoms with Crippen LogP contribution in [0, 0.1) is 116 Å². The van der Waals surface area contributed by atoms with Crippen molar-refractivity contribution in [2.24, 2.45) is 0 Å². The van der Waals surface area contributed by atoms with E-state index in [-0.39, 0.29) is 0 Å². The van der Waals surface area contributed by atoms with E-state index < -0.39 is 145 Å². The third kappa shape index (κ3) is 4.42. The summed E-state index contributed by atoms with van der Waals surface area (Å²) in [5, 5.41) is 0.412. The third-order valence-corrected chi connectivity index (χ3v) is 6.60. The Hall–Kier alpha value is -4.66. The number of benzene rings is 4. The van der Waals surface area contributed by atoms with Gasteiger partial charge < -0.3 is 5.23 Å². The van der Waals surface area contributed by atoms with Crippen LogP contribution in [0.4, 0.5) is 93.5 Å². The zero-order valence-electron chi connectivity index (χ0n) is 20.6. The Morgan fingerprint density at radius 3 is 0.565 bits per heavy atom. The fraction of sp³-hybridized carbons (Fsp3) is 0. The van der Waals surface area contributed by atoms with E-state index in [0.717, 1.165) is 0 Å². The van der Waals surface area contributed by atoms with Crippen LogP contribution >= 0.6 is 0 Å². The largest absolute Gasteiger partial charge is 0.542 e. The molecule has 46 heavy (non-hydrogen) atoms. The van der Waals surface area contributed by atoms with Crippen molar-refractivity contribution in [3.05, 3.63) is 116 Å². The van der Waals surface area contributed by atoms with Gasteiger partial charge in [-0.25, -0.2) is 87.8 Å². The monoisotopic (exact) mass is 694 g/mol. The highest BCUT2D eigenvalue weighted by molar-refractivity contribution is 7.13. The standard InChI is InChI=1S/C24HBF20N/c26-4-1(5(27)11(33)16(38)10(4)32)25(2-6(28)12(34)17(39)13(35)7(2)29,3-8(30)14(36)18(40)15(37)9(3)31)46-24-22(44)20(42)19(41)21(43)23(24)45/h46H/q-1.